The van der Waals surface area contributed by atoms with Crippen LogP contribution in [0.25, 0.3) is 0 Å². The standard InChI is InChI=1S/C13H20N2S/c1-2-4-10(5-3-1)13-15-12(9-16-13)8-14-11-6-7-11/h9-11,14H,1-8H2. The Bertz CT molecular complexity index is 337. The van der Waals surface area contributed by atoms with Crippen molar-refractivity contribution in [2.45, 2.75) is 63.5 Å². The maximum absolute atomic E-state index is 4.79. The predicted molar refractivity (Wildman–Crippen MR) is 67.8 cm³/mol. The smallest absolute Gasteiger partial charge is 0.0959 e. The largest absolute Gasteiger partial charge is 0.308 e. The molecule has 1 aromatic heterocycles. The van der Waals surface area contributed by atoms with Crippen LogP contribution in [0.1, 0.15) is 61.6 Å². The zero-order valence-corrected chi connectivity index (χ0v) is 10.6. The fourth-order valence-corrected chi connectivity index (χ4v) is 3.47. The molecule has 0 radical (unpaired) electrons. The van der Waals surface area contributed by atoms with E-state index in [0.29, 0.717) is 0 Å². The van der Waals surface area contributed by atoms with Gasteiger partial charge >= 0.3 is 0 Å². The van der Waals surface area contributed by atoms with Crippen molar-refractivity contribution < 1.29 is 0 Å². The Balaban J connectivity index is 1.57. The van der Waals surface area contributed by atoms with Crippen molar-refractivity contribution in [3.8, 4) is 0 Å². The van der Waals surface area contributed by atoms with E-state index in [1.54, 1.807) is 0 Å². The van der Waals surface area contributed by atoms with Gasteiger partial charge in [-0.2, -0.15) is 0 Å². The highest BCUT2D eigenvalue weighted by Crippen LogP contribution is 2.34. The molecule has 2 nitrogen and oxygen atoms in total. The first kappa shape index (κ1) is 10.7. The second-order valence-electron chi connectivity index (χ2n) is 5.17. The van der Waals surface area contributed by atoms with Crippen molar-refractivity contribution in [3.05, 3.63) is 16.1 Å². The average molecular weight is 236 g/mol. The van der Waals surface area contributed by atoms with Gasteiger partial charge in [-0.1, -0.05) is 19.3 Å². The van der Waals surface area contributed by atoms with Crippen molar-refractivity contribution >= 4 is 11.3 Å². The Morgan fingerprint density at radius 3 is 2.75 bits per heavy atom. The van der Waals surface area contributed by atoms with E-state index in [0.717, 1.165) is 18.5 Å². The van der Waals surface area contributed by atoms with Gasteiger partial charge in [-0.3, -0.25) is 0 Å². The van der Waals surface area contributed by atoms with E-state index in [9.17, 15) is 0 Å². The molecule has 1 aromatic rings. The number of hydrogen-bond donors (Lipinski definition) is 1. The molecule has 0 saturated heterocycles. The van der Waals surface area contributed by atoms with Crippen LogP contribution in [0, 0.1) is 0 Å². The van der Waals surface area contributed by atoms with Gasteiger partial charge in [0, 0.05) is 23.9 Å². The molecule has 0 bridgehead atoms. The number of hydrogen-bond acceptors (Lipinski definition) is 3. The Kier molecular flexibility index (Phi) is 3.25. The highest BCUT2D eigenvalue weighted by Gasteiger charge is 2.21. The number of nitrogens with zero attached hydrogens (tertiary/aromatic N) is 1. The number of rotatable bonds is 4. The maximum Gasteiger partial charge on any atom is 0.0959 e. The topological polar surface area (TPSA) is 24.9 Å². The van der Waals surface area contributed by atoms with E-state index in [1.165, 1.54) is 55.6 Å². The molecular formula is C13H20N2S. The highest BCUT2D eigenvalue weighted by atomic mass is 32.1. The minimum Gasteiger partial charge on any atom is -0.308 e. The van der Waals surface area contributed by atoms with Gasteiger partial charge in [0.25, 0.3) is 0 Å². The van der Waals surface area contributed by atoms with Crippen molar-refractivity contribution in [3.63, 3.8) is 0 Å². The van der Waals surface area contributed by atoms with Gasteiger partial charge in [0.2, 0.25) is 0 Å². The van der Waals surface area contributed by atoms with E-state index < -0.39 is 0 Å². The lowest BCUT2D eigenvalue weighted by molar-refractivity contribution is 0.441. The molecule has 2 saturated carbocycles. The molecule has 2 aliphatic rings. The second kappa shape index (κ2) is 4.84. The van der Waals surface area contributed by atoms with Gasteiger partial charge in [0.05, 0.1) is 10.7 Å². The summed E-state index contributed by atoms with van der Waals surface area (Å²) in [6, 6.07) is 0.792. The first-order valence-electron chi connectivity index (χ1n) is 6.59. The van der Waals surface area contributed by atoms with Gasteiger partial charge < -0.3 is 5.32 Å². The molecule has 1 N–H and O–H groups in total. The highest BCUT2D eigenvalue weighted by molar-refractivity contribution is 7.09. The van der Waals surface area contributed by atoms with Crippen LogP contribution in [0.2, 0.25) is 0 Å². The van der Waals surface area contributed by atoms with Gasteiger partial charge in [0.1, 0.15) is 0 Å². The zero-order chi connectivity index (χ0) is 10.8. The Hall–Kier alpha value is -0.410. The fraction of sp³-hybridized carbons (Fsp3) is 0.769. The van der Waals surface area contributed by atoms with Crippen LogP contribution in [0.15, 0.2) is 5.38 Å². The molecule has 0 unspecified atom stereocenters. The van der Waals surface area contributed by atoms with Crippen LogP contribution in [-0.4, -0.2) is 11.0 Å². The Labute approximate surface area is 101 Å². The van der Waals surface area contributed by atoms with Crippen molar-refractivity contribution in [2.75, 3.05) is 0 Å². The quantitative estimate of drug-likeness (QED) is 0.866. The van der Waals surface area contributed by atoms with Crippen LogP contribution in [-0.2, 0) is 6.54 Å². The normalized spacial score (nSPS) is 22.5. The third-order valence-corrected chi connectivity index (χ3v) is 4.73. The predicted octanol–water partition coefficient (Wildman–Crippen LogP) is 3.44. The molecule has 0 amide bonds. The SMILES string of the molecule is c1sc(C2CCCCC2)nc1CNC1CC1. The van der Waals surface area contributed by atoms with Crippen molar-refractivity contribution in [1.29, 1.82) is 0 Å². The summed E-state index contributed by atoms with van der Waals surface area (Å²) in [5.41, 5.74) is 1.26. The third kappa shape index (κ3) is 2.64. The summed E-state index contributed by atoms with van der Waals surface area (Å²) in [6.45, 7) is 0.980. The molecule has 1 heterocycles. The van der Waals surface area contributed by atoms with Gasteiger partial charge in [-0.15, -0.1) is 11.3 Å². The molecule has 0 spiro atoms. The fourth-order valence-electron chi connectivity index (χ4n) is 2.48. The summed E-state index contributed by atoms with van der Waals surface area (Å²) >= 11 is 1.88. The van der Waals surface area contributed by atoms with E-state index in [2.05, 4.69) is 10.7 Å². The second-order valence-corrected chi connectivity index (χ2v) is 6.06. The van der Waals surface area contributed by atoms with E-state index in [-0.39, 0.29) is 0 Å². The Morgan fingerprint density at radius 1 is 1.19 bits per heavy atom. The number of nitrogens with one attached hydrogen (secondary N) is 1. The third-order valence-electron chi connectivity index (χ3n) is 3.67. The summed E-state index contributed by atoms with van der Waals surface area (Å²) in [7, 11) is 0. The molecular weight excluding hydrogens is 216 g/mol. The monoisotopic (exact) mass is 236 g/mol. The summed E-state index contributed by atoms with van der Waals surface area (Å²) in [4.78, 5) is 4.79. The van der Waals surface area contributed by atoms with E-state index in [4.69, 9.17) is 4.98 Å². The first-order chi connectivity index (χ1) is 7.92. The summed E-state index contributed by atoms with van der Waals surface area (Å²) < 4.78 is 0. The van der Waals surface area contributed by atoms with E-state index in [1.807, 2.05) is 11.3 Å². The number of aromatic nitrogens is 1. The molecule has 0 aromatic carbocycles. The minimum absolute atomic E-state index is 0.772. The van der Waals surface area contributed by atoms with Crippen LogP contribution >= 0.6 is 11.3 Å². The van der Waals surface area contributed by atoms with Crippen molar-refractivity contribution in [2.24, 2.45) is 0 Å². The summed E-state index contributed by atoms with van der Waals surface area (Å²) in [5, 5.41) is 7.18. The molecule has 16 heavy (non-hydrogen) atoms. The molecule has 88 valence electrons. The first-order valence-corrected chi connectivity index (χ1v) is 7.47. The molecule has 3 rings (SSSR count). The van der Waals surface area contributed by atoms with Crippen LogP contribution in [0.4, 0.5) is 0 Å². The molecule has 2 aliphatic carbocycles. The molecule has 2 fully saturated rings. The summed E-state index contributed by atoms with van der Waals surface area (Å²) in [5.74, 6) is 0.772. The lowest BCUT2D eigenvalue weighted by Crippen LogP contribution is -2.15. The summed E-state index contributed by atoms with van der Waals surface area (Å²) in [6.07, 6.45) is 9.68. The number of thiazole rings is 1. The average Bonchev–Trinajstić information content (AvgIpc) is 3.05. The molecule has 0 aliphatic heterocycles. The lowest BCUT2D eigenvalue weighted by atomic mass is 9.90. The van der Waals surface area contributed by atoms with Gasteiger partial charge in [-0.25, -0.2) is 4.98 Å². The zero-order valence-electron chi connectivity index (χ0n) is 9.74. The molecule has 0 atom stereocenters. The van der Waals surface area contributed by atoms with Crippen LogP contribution < -0.4 is 5.32 Å². The van der Waals surface area contributed by atoms with Crippen LogP contribution in [0.5, 0.6) is 0 Å². The van der Waals surface area contributed by atoms with E-state index >= 15 is 0 Å². The van der Waals surface area contributed by atoms with Crippen molar-refractivity contribution in [1.82, 2.24) is 10.3 Å². The van der Waals surface area contributed by atoms with Gasteiger partial charge in [-0.05, 0) is 25.7 Å². The minimum atomic E-state index is 0.772. The van der Waals surface area contributed by atoms with Gasteiger partial charge in [0.15, 0.2) is 0 Å². The molecule has 3 heteroatoms. The van der Waals surface area contributed by atoms with Crippen LogP contribution in [0.3, 0.4) is 0 Å². The maximum atomic E-state index is 4.79. The Morgan fingerprint density at radius 2 is 2.00 bits per heavy atom. The lowest BCUT2D eigenvalue weighted by Gasteiger charge is -2.18.